The lowest BCUT2D eigenvalue weighted by molar-refractivity contribution is 0.290. The number of hydrogen-bond acceptors (Lipinski definition) is 7. The first-order valence-electron chi connectivity index (χ1n) is 11.4. The van der Waals surface area contributed by atoms with Crippen molar-refractivity contribution in [1.29, 1.82) is 0 Å². The Bertz CT molecular complexity index is 1560. The van der Waals surface area contributed by atoms with E-state index in [-0.39, 0.29) is 18.3 Å². The van der Waals surface area contributed by atoms with Crippen molar-refractivity contribution in [3.05, 3.63) is 77.3 Å². The molecule has 1 saturated carbocycles. The van der Waals surface area contributed by atoms with E-state index in [9.17, 15) is 0 Å². The number of halogens is 1. The molecular weight excluding hydrogens is 462 g/mol. The molecule has 0 bridgehead atoms. The first-order chi connectivity index (χ1) is 17.0. The van der Waals surface area contributed by atoms with Gasteiger partial charge in [-0.25, -0.2) is 9.97 Å². The quantitative estimate of drug-likeness (QED) is 0.354. The van der Waals surface area contributed by atoms with E-state index in [1.54, 1.807) is 10.9 Å². The summed E-state index contributed by atoms with van der Waals surface area (Å²) in [5.74, 6) is 0.984. The summed E-state index contributed by atoms with van der Waals surface area (Å²) < 4.78 is 7.73. The van der Waals surface area contributed by atoms with Crippen LogP contribution in [0.1, 0.15) is 30.1 Å². The third kappa shape index (κ3) is 4.28. The lowest BCUT2D eigenvalue weighted by Crippen LogP contribution is -2.07. The third-order valence-electron chi connectivity index (χ3n) is 5.96. The van der Waals surface area contributed by atoms with Crippen molar-refractivity contribution >= 4 is 28.3 Å². The highest BCUT2D eigenvalue weighted by Gasteiger charge is 2.25. The van der Waals surface area contributed by atoms with Gasteiger partial charge < -0.3 is 10.5 Å². The second-order valence-corrected chi connectivity index (χ2v) is 9.04. The summed E-state index contributed by atoms with van der Waals surface area (Å²) in [4.78, 5) is 18.5. The normalized spacial score (nSPS) is 13.3. The van der Waals surface area contributed by atoms with Crippen molar-refractivity contribution in [3.63, 3.8) is 0 Å². The summed E-state index contributed by atoms with van der Waals surface area (Å²) in [5, 5.41) is 5.92. The average molecular weight is 484 g/mol. The Morgan fingerprint density at radius 2 is 1.94 bits per heavy atom. The van der Waals surface area contributed by atoms with Crippen LogP contribution in [0, 0.1) is 0 Å². The molecule has 0 atom stereocenters. The molecule has 174 valence electrons. The van der Waals surface area contributed by atoms with E-state index in [2.05, 4.69) is 21.1 Å². The smallest absolute Gasteiger partial charge is 0.258 e. The van der Waals surface area contributed by atoms with E-state index < -0.39 is 0 Å². The van der Waals surface area contributed by atoms with Gasteiger partial charge in [0.25, 0.3) is 5.88 Å². The zero-order valence-electron chi connectivity index (χ0n) is 19.0. The van der Waals surface area contributed by atoms with Gasteiger partial charge in [-0.1, -0.05) is 23.7 Å². The highest BCUT2D eigenvalue weighted by molar-refractivity contribution is 6.35. The molecule has 9 heteroatoms. The number of hydrogen-bond donors (Lipinski definition) is 1. The molecule has 6 rings (SSSR count). The molecule has 8 nitrogen and oxygen atoms in total. The molecular formula is C26H22ClN7O. The van der Waals surface area contributed by atoms with Crippen LogP contribution in [0.2, 0.25) is 5.02 Å². The molecule has 1 aliphatic carbocycles. The highest BCUT2D eigenvalue weighted by Crippen LogP contribution is 2.39. The lowest BCUT2D eigenvalue weighted by Gasteiger charge is -2.13. The summed E-state index contributed by atoms with van der Waals surface area (Å²) in [6.45, 7) is 0.240. The molecule has 1 aliphatic rings. The van der Waals surface area contributed by atoms with Gasteiger partial charge in [0.15, 0.2) is 5.82 Å². The number of rotatable bonds is 6. The molecule has 0 unspecified atom stereocenters. The minimum atomic E-state index is 0.182. The zero-order valence-corrected chi connectivity index (χ0v) is 19.8. The molecule has 1 fully saturated rings. The Labute approximate surface area is 206 Å². The van der Waals surface area contributed by atoms with Crippen LogP contribution < -0.4 is 10.5 Å². The van der Waals surface area contributed by atoms with Crippen LogP contribution >= 0.6 is 11.6 Å². The maximum Gasteiger partial charge on any atom is 0.258 e. The fourth-order valence-corrected chi connectivity index (χ4v) is 4.35. The number of pyridine rings is 2. The number of aryl methyl sites for hydroxylation is 1. The predicted octanol–water partition coefficient (Wildman–Crippen LogP) is 5.18. The van der Waals surface area contributed by atoms with Crippen molar-refractivity contribution in [3.8, 4) is 28.5 Å². The minimum absolute atomic E-state index is 0.182. The van der Waals surface area contributed by atoms with Gasteiger partial charge in [-0.2, -0.15) is 5.10 Å². The lowest BCUT2D eigenvalue weighted by atomic mass is 10.0. The highest BCUT2D eigenvalue weighted by atomic mass is 35.5. The van der Waals surface area contributed by atoms with Gasteiger partial charge in [0.1, 0.15) is 23.7 Å². The van der Waals surface area contributed by atoms with Gasteiger partial charge in [-0.3, -0.25) is 14.6 Å². The predicted molar refractivity (Wildman–Crippen MR) is 135 cm³/mol. The molecule has 0 amide bonds. The maximum absolute atomic E-state index is 6.58. The van der Waals surface area contributed by atoms with E-state index in [1.807, 2.05) is 55.7 Å². The van der Waals surface area contributed by atoms with Crippen LogP contribution in [0.15, 0.2) is 60.9 Å². The standard InChI is InChI=1S/C26H22ClN7O/c1-34-11-9-21(33-34)24-23(17-12-16-4-3-10-29-22(16)19(27)13-17)32-26(25(28)31-24)35-14-18-5-2-6-20(30-18)15-7-8-15/h2-6,9-13,15H,7-8,14H2,1H3,(H2,28,31). The van der Waals surface area contributed by atoms with Crippen molar-refractivity contribution in [1.82, 2.24) is 29.7 Å². The van der Waals surface area contributed by atoms with Gasteiger partial charge in [0, 0.05) is 42.0 Å². The zero-order chi connectivity index (χ0) is 23.9. The van der Waals surface area contributed by atoms with E-state index in [0.29, 0.717) is 28.0 Å². The molecule has 4 heterocycles. The van der Waals surface area contributed by atoms with Crippen LogP contribution in [0.25, 0.3) is 33.5 Å². The first kappa shape index (κ1) is 21.5. The number of nitrogens with zero attached hydrogens (tertiary/aromatic N) is 6. The summed E-state index contributed by atoms with van der Waals surface area (Å²) in [7, 11) is 1.85. The van der Waals surface area contributed by atoms with Crippen LogP contribution in [0.5, 0.6) is 5.88 Å². The fourth-order valence-electron chi connectivity index (χ4n) is 4.07. The van der Waals surface area contributed by atoms with Gasteiger partial charge in [-0.15, -0.1) is 0 Å². The molecule has 4 aromatic heterocycles. The van der Waals surface area contributed by atoms with Crippen LogP contribution in [-0.2, 0) is 13.7 Å². The third-order valence-corrected chi connectivity index (χ3v) is 6.25. The summed E-state index contributed by atoms with van der Waals surface area (Å²) in [6, 6.07) is 15.5. The van der Waals surface area contributed by atoms with Crippen LogP contribution in [0.4, 0.5) is 5.82 Å². The van der Waals surface area contributed by atoms with Crippen LogP contribution in [-0.4, -0.2) is 29.7 Å². The van der Waals surface area contributed by atoms with Gasteiger partial charge in [0.2, 0.25) is 0 Å². The van der Waals surface area contributed by atoms with Crippen molar-refractivity contribution in [2.24, 2.45) is 7.05 Å². The summed E-state index contributed by atoms with van der Waals surface area (Å²) >= 11 is 6.58. The maximum atomic E-state index is 6.58. The van der Waals surface area contributed by atoms with Crippen molar-refractivity contribution in [2.45, 2.75) is 25.4 Å². The number of fused-ring (bicyclic) bond motifs is 1. The Morgan fingerprint density at radius 1 is 1.06 bits per heavy atom. The van der Waals surface area contributed by atoms with Crippen LogP contribution in [0.3, 0.4) is 0 Å². The van der Waals surface area contributed by atoms with Crippen molar-refractivity contribution < 1.29 is 4.74 Å². The number of nitrogens with two attached hydrogens (primary N) is 1. The number of ether oxygens (including phenoxy) is 1. The molecule has 0 aliphatic heterocycles. The largest absolute Gasteiger partial charge is 0.469 e. The summed E-state index contributed by atoms with van der Waals surface area (Å²) in [6.07, 6.45) is 5.95. The number of benzene rings is 1. The first-order valence-corrected chi connectivity index (χ1v) is 11.7. The van der Waals surface area contributed by atoms with E-state index in [1.165, 1.54) is 12.8 Å². The molecule has 35 heavy (non-hydrogen) atoms. The van der Waals surface area contributed by atoms with Gasteiger partial charge in [-0.05, 0) is 49.2 Å². The molecule has 0 saturated heterocycles. The summed E-state index contributed by atoms with van der Waals surface area (Å²) in [5.41, 5.74) is 11.5. The van der Waals surface area contributed by atoms with E-state index in [0.717, 1.165) is 27.9 Å². The SMILES string of the molecule is Cn1ccc(-c2nc(N)c(OCc3cccc(C4CC4)n3)nc2-c2cc(Cl)c3ncccc3c2)n1. The van der Waals surface area contributed by atoms with Gasteiger partial charge in [0.05, 0.1) is 16.2 Å². The Morgan fingerprint density at radius 3 is 2.74 bits per heavy atom. The number of nitrogen functional groups attached to an aromatic ring is 1. The number of aromatic nitrogens is 6. The molecule has 5 aromatic rings. The second kappa shape index (κ2) is 8.63. The Balaban J connectivity index is 1.42. The minimum Gasteiger partial charge on any atom is -0.469 e. The second-order valence-electron chi connectivity index (χ2n) is 8.64. The Kier molecular flexibility index (Phi) is 5.30. The molecule has 0 radical (unpaired) electrons. The average Bonchev–Trinajstić information content (AvgIpc) is 3.63. The van der Waals surface area contributed by atoms with Crippen molar-refractivity contribution in [2.75, 3.05) is 5.73 Å². The molecule has 1 aromatic carbocycles. The fraction of sp³-hybridized carbons (Fsp3) is 0.192. The van der Waals surface area contributed by atoms with Gasteiger partial charge >= 0.3 is 0 Å². The topological polar surface area (TPSA) is 105 Å². The monoisotopic (exact) mass is 483 g/mol. The van der Waals surface area contributed by atoms with E-state index in [4.69, 9.17) is 32.0 Å². The molecule has 2 N–H and O–H groups in total. The van der Waals surface area contributed by atoms with E-state index >= 15 is 0 Å². The number of anilines is 1. The molecule has 0 spiro atoms. The Hall–Kier alpha value is -4.04.